The van der Waals surface area contributed by atoms with Crippen LogP contribution in [0.5, 0.6) is 0 Å². The number of amides is 1. The summed E-state index contributed by atoms with van der Waals surface area (Å²) in [5.41, 5.74) is 0.386. The molecule has 0 aliphatic heterocycles. The smallest absolute Gasteiger partial charge is 0.346 e. The minimum absolute atomic E-state index is 0.0481. The highest BCUT2D eigenvalue weighted by Crippen LogP contribution is 2.17. The van der Waals surface area contributed by atoms with Crippen molar-refractivity contribution in [3.05, 3.63) is 21.7 Å². The number of ether oxygens (including phenoxy) is 1. The van der Waals surface area contributed by atoms with E-state index in [9.17, 15) is 9.59 Å². The van der Waals surface area contributed by atoms with E-state index < -0.39 is 5.69 Å². The fourth-order valence-corrected chi connectivity index (χ4v) is 2.09. The highest BCUT2D eigenvalue weighted by molar-refractivity contribution is 7.98. The summed E-state index contributed by atoms with van der Waals surface area (Å²) in [6.07, 6.45) is 1.75. The molecule has 0 saturated heterocycles. The Morgan fingerprint density at radius 3 is 2.89 bits per heavy atom. The zero-order chi connectivity index (χ0) is 14.3. The number of hydrogen-bond donors (Lipinski definition) is 3. The van der Waals surface area contributed by atoms with Crippen molar-refractivity contribution in [2.45, 2.75) is 11.9 Å². The third-order valence-corrected chi connectivity index (χ3v) is 2.96. The van der Waals surface area contributed by atoms with Gasteiger partial charge in [0.05, 0.1) is 25.4 Å². The van der Waals surface area contributed by atoms with Gasteiger partial charge in [0.1, 0.15) is 5.03 Å². The van der Waals surface area contributed by atoms with Crippen LogP contribution in [0, 0.1) is 6.92 Å². The number of thioether (sulfide) groups is 1. The molecule has 19 heavy (non-hydrogen) atoms. The van der Waals surface area contributed by atoms with E-state index in [-0.39, 0.29) is 19.1 Å². The van der Waals surface area contributed by atoms with Gasteiger partial charge in [-0.25, -0.2) is 4.79 Å². The Kier molecular flexibility index (Phi) is 6.54. The zero-order valence-electron chi connectivity index (χ0n) is 10.9. The number of H-pyrrole nitrogens is 1. The largest absolute Gasteiger partial charge is 0.394 e. The van der Waals surface area contributed by atoms with Crippen LogP contribution in [0.15, 0.2) is 9.82 Å². The van der Waals surface area contributed by atoms with E-state index in [0.717, 1.165) is 0 Å². The maximum absolute atomic E-state index is 12.0. The number of aliphatic hydroxyl groups excluding tert-OH is 1. The second kappa shape index (κ2) is 7.93. The molecule has 8 heteroatoms. The Morgan fingerprint density at radius 2 is 2.26 bits per heavy atom. The van der Waals surface area contributed by atoms with Crippen LogP contribution in [0.3, 0.4) is 0 Å². The van der Waals surface area contributed by atoms with E-state index in [2.05, 4.69) is 15.3 Å². The predicted molar refractivity (Wildman–Crippen MR) is 71.6 cm³/mol. The van der Waals surface area contributed by atoms with Crippen molar-refractivity contribution in [2.24, 2.45) is 0 Å². The molecule has 0 atom stereocenters. The molecule has 0 aromatic carbocycles. The number of rotatable bonds is 7. The summed E-state index contributed by atoms with van der Waals surface area (Å²) < 4.78 is 5.03. The van der Waals surface area contributed by atoms with Crippen LogP contribution in [-0.4, -0.2) is 53.6 Å². The molecule has 0 aliphatic rings. The zero-order valence-corrected chi connectivity index (χ0v) is 11.7. The first kappa shape index (κ1) is 15.7. The van der Waals surface area contributed by atoms with Gasteiger partial charge in [-0.1, -0.05) is 0 Å². The molecule has 0 unspecified atom stereocenters. The summed E-state index contributed by atoms with van der Waals surface area (Å²) in [6.45, 7) is 2.49. The quantitative estimate of drug-likeness (QED) is 0.356. The van der Waals surface area contributed by atoms with Crippen molar-refractivity contribution >= 4 is 17.7 Å². The molecule has 1 aromatic rings. The first-order valence-electron chi connectivity index (χ1n) is 5.71. The fraction of sp³-hybridized carbons (Fsp3) is 0.545. The Bertz CT molecular complexity index is 489. The maximum atomic E-state index is 12.0. The average Bonchev–Trinajstić information content (AvgIpc) is 2.37. The van der Waals surface area contributed by atoms with Gasteiger partial charge in [-0.05, 0) is 13.2 Å². The van der Waals surface area contributed by atoms with Gasteiger partial charge in [-0.3, -0.25) is 4.79 Å². The topological polar surface area (TPSA) is 104 Å². The summed E-state index contributed by atoms with van der Waals surface area (Å²) in [5, 5.41) is 11.6. The molecule has 1 amide bonds. The molecule has 0 saturated carbocycles. The summed E-state index contributed by atoms with van der Waals surface area (Å²) in [7, 11) is 0. The van der Waals surface area contributed by atoms with Crippen LogP contribution in [0.25, 0.3) is 0 Å². The van der Waals surface area contributed by atoms with Crippen LogP contribution in [0.1, 0.15) is 16.1 Å². The van der Waals surface area contributed by atoms with Crippen LogP contribution in [0.2, 0.25) is 0 Å². The van der Waals surface area contributed by atoms with E-state index >= 15 is 0 Å². The molecule has 0 fully saturated rings. The van der Waals surface area contributed by atoms with Crippen LogP contribution in [0.4, 0.5) is 0 Å². The highest BCUT2D eigenvalue weighted by Gasteiger charge is 2.16. The monoisotopic (exact) mass is 287 g/mol. The predicted octanol–water partition coefficient (Wildman–Crippen LogP) is -0.461. The number of aliphatic hydroxyl groups is 1. The number of carbonyl (C=O) groups excluding carboxylic acids is 1. The summed E-state index contributed by atoms with van der Waals surface area (Å²) in [6, 6.07) is 0. The lowest BCUT2D eigenvalue weighted by molar-refractivity contribution is 0.0835. The summed E-state index contributed by atoms with van der Waals surface area (Å²) in [4.78, 5) is 29.5. The molecule has 3 N–H and O–H groups in total. The van der Waals surface area contributed by atoms with Gasteiger partial charge in [-0.15, -0.1) is 11.8 Å². The number of nitrogens with zero attached hydrogens (tertiary/aromatic N) is 1. The highest BCUT2D eigenvalue weighted by atomic mass is 32.2. The molecule has 0 spiro atoms. The number of carbonyl (C=O) groups is 1. The molecule has 0 radical (unpaired) electrons. The lowest BCUT2D eigenvalue weighted by Gasteiger charge is -2.10. The molecule has 106 valence electrons. The maximum Gasteiger partial charge on any atom is 0.346 e. The number of aromatic amines is 1. The number of nitrogens with one attached hydrogen (secondary N) is 2. The van der Waals surface area contributed by atoms with Crippen molar-refractivity contribution in [3.8, 4) is 0 Å². The first-order chi connectivity index (χ1) is 9.10. The van der Waals surface area contributed by atoms with Gasteiger partial charge in [0.25, 0.3) is 5.91 Å². The van der Waals surface area contributed by atoms with Crippen molar-refractivity contribution in [1.29, 1.82) is 0 Å². The molecule has 0 aliphatic carbocycles. The minimum Gasteiger partial charge on any atom is -0.394 e. The van der Waals surface area contributed by atoms with E-state index in [4.69, 9.17) is 9.84 Å². The van der Waals surface area contributed by atoms with Gasteiger partial charge < -0.3 is 20.1 Å². The molecule has 7 nitrogen and oxygen atoms in total. The standard InChI is InChI=1S/C11H17N3O4S/c1-7-8(10(19-2)14-11(17)13-7)9(16)12-3-5-18-6-4-15/h15H,3-6H2,1-2H3,(H,12,16)(H,13,14,17). The Labute approximate surface area is 114 Å². The van der Waals surface area contributed by atoms with Crippen LogP contribution >= 0.6 is 11.8 Å². The van der Waals surface area contributed by atoms with Crippen LogP contribution in [-0.2, 0) is 4.74 Å². The Hall–Kier alpha value is -1.38. The Morgan fingerprint density at radius 1 is 1.53 bits per heavy atom. The summed E-state index contributed by atoms with van der Waals surface area (Å²) in [5.74, 6) is -0.307. The SMILES string of the molecule is CSc1nc(=O)[nH]c(C)c1C(=O)NCCOCCO. The van der Waals surface area contributed by atoms with Gasteiger partial charge in [0, 0.05) is 12.2 Å². The first-order valence-corrected chi connectivity index (χ1v) is 6.94. The van der Waals surface area contributed by atoms with Crippen molar-refractivity contribution in [2.75, 3.05) is 32.6 Å². The molecule has 1 heterocycles. The van der Waals surface area contributed by atoms with E-state index in [0.29, 0.717) is 29.4 Å². The molecule has 0 bridgehead atoms. The molecular formula is C11H17N3O4S. The van der Waals surface area contributed by atoms with Crippen molar-refractivity contribution in [1.82, 2.24) is 15.3 Å². The van der Waals surface area contributed by atoms with Crippen LogP contribution < -0.4 is 11.0 Å². The Balaban J connectivity index is 2.69. The minimum atomic E-state index is -0.468. The van der Waals surface area contributed by atoms with Crippen molar-refractivity contribution in [3.63, 3.8) is 0 Å². The lowest BCUT2D eigenvalue weighted by Crippen LogP contribution is -2.30. The van der Waals surface area contributed by atoms with Gasteiger partial charge in [0.2, 0.25) is 0 Å². The molecule has 1 aromatic heterocycles. The normalized spacial score (nSPS) is 10.5. The second-order valence-corrected chi connectivity index (χ2v) is 4.44. The van der Waals surface area contributed by atoms with E-state index in [1.807, 2.05) is 0 Å². The number of hydrogen-bond acceptors (Lipinski definition) is 6. The third-order valence-electron chi connectivity index (χ3n) is 2.27. The van der Waals surface area contributed by atoms with Crippen molar-refractivity contribution < 1.29 is 14.6 Å². The van der Waals surface area contributed by atoms with E-state index in [1.54, 1.807) is 13.2 Å². The molecule has 1 rings (SSSR count). The van der Waals surface area contributed by atoms with Gasteiger partial charge in [0.15, 0.2) is 0 Å². The van der Waals surface area contributed by atoms with Gasteiger partial charge in [-0.2, -0.15) is 4.98 Å². The summed E-state index contributed by atoms with van der Waals surface area (Å²) >= 11 is 1.24. The third kappa shape index (κ3) is 4.66. The second-order valence-electron chi connectivity index (χ2n) is 3.64. The molecular weight excluding hydrogens is 270 g/mol. The lowest BCUT2D eigenvalue weighted by atomic mass is 10.2. The fourth-order valence-electron chi connectivity index (χ4n) is 1.47. The van der Waals surface area contributed by atoms with E-state index in [1.165, 1.54) is 11.8 Å². The number of aromatic nitrogens is 2. The van der Waals surface area contributed by atoms with Gasteiger partial charge >= 0.3 is 5.69 Å². The average molecular weight is 287 g/mol. The number of aryl methyl sites for hydroxylation is 1.